The molecule has 7 heteroatoms. The van der Waals surface area contributed by atoms with Crippen molar-refractivity contribution in [2.75, 3.05) is 37.6 Å². The summed E-state index contributed by atoms with van der Waals surface area (Å²) in [4.78, 5) is 20.9. The molecule has 1 amide bonds. The first-order valence-corrected chi connectivity index (χ1v) is 10.5. The Kier molecular flexibility index (Phi) is 9.40. The van der Waals surface area contributed by atoms with Gasteiger partial charge in [0.15, 0.2) is 0 Å². The number of carbonyl (C=O) groups is 1. The lowest BCUT2D eigenvalue weighted by molar-refractivity contribution is 0.1000. The van der Waals surface area contributed by atoms with Gasteiger partial charge in [-0.1, -0.05) is 30.3 Å². The third-order valence-electron chi connectivity index (χ3n) is 6.36. The van der Waals surface area contributed by atoms with Gasteiger partial charge in [-0.25, -0.2) is 4.98 Å². The number of carbonyl (C=O) groups excluding carboxylic acids is 1. The van der Waals surface area contributed by atoms with Crippen molar-refractivity contribution < 1.29 is 4.79 Å². The summed E-state index contributed by atoms with van der Waals surface area (Å²) < 4.78 is 0. The minimum Gasteiger partial charge on any atom is -0.365 e. The van der Waals surface area contributed by atoms with Crippen LogP contribution in [0.3, 0.4) is 0 Å². The molecule has 2 aromatic rings. The number of pyridine rings is 1. The van der Waals surface area contributed by atoms with Gasteiger partial charge in [-0.05, 0) is 55.2 Å². The number of benzene rings is 1. The summed E-state index contributed by atoms with van der Waals surface area (Å²) >= 11 is 0. The van der Waals surface area contributed by atoms with Crippen LogP contribution in [0, 0.1) is 5.92 Å². The zero-order chi connectivity index (χ0) is 19.3. The maximum atomic E-state index is 11.7. The second kappa shape index (κ2) is 11.5. The number of anilines is 1. The van der Waals surface area contributed by atoms with Crippen LogP contribution in [0.5, 0.6) is 0 Å². The minimum atomic E-state index is -0.402. The normalized spacial score (nSPS) is 21.9. The van der Waals surface area contributed by atoms with Crippen LogP contribution < -0.4 is 10.6 Å². The number of halogens is 2. The molecule has 1 aromatic heterocycles. The van der Waals surface area contributed by atoms with Gasteiger partial charge in [0, 0.05) is 38.9 Å². The fourth-order valence-electron chi connectivity index (χ4n) is 4.75. The lowest BCUT2D eigenvalue weighted by Gasteiger charge is -2.39. The predicted octanol–water partition coefficient (Wildman–Crippen LogP) is 4.12. The van der Waals surface area contributed by atoms with Crippen LogP contribution in [0.1, 0.15) is 47.5 Å². The number of nitrogens with zero attached hydrogens (tertiary/aromatic N) is 3. The largest absolute Gasteiger partial charge is 0.365 e. The van der Waals surface area contributed by atoms with E-state index in [2.05, 4.69) is 45.1 Å². The lowest BCUT2D eigenvalue weighted by atomic mass is 9.78. The quantitative estimate of drug-likeness (QED) is 0.743. The molecule has 0 atom stereocenters. The minimum absolute atomic E-state index is 0. The van der Waals surface area contributed by atoms with Crippen molar-refractivity contribution in [3.63, 3.8) is 0 Å². The highest BCUT2D eigenvalue weighted by Crippen LogP contribution is 2.36. The van der Waals surface area contributed by atoms with Crippen LogP contribution >= 0.6 is 24.8 Å². The maximum Gasteiger partial charge on any atom is 0.252 e. The fourth-order valence-corrected chi connectivity index (χ4v) is 4.75. The van der Waals surface area contributed by atoms with Crippen molar-refractivity contribution in [2.45, 2.75) is 31.6 Å². The van der Waals surface area contributed by atoms with E-state index in [-0.39, 0.29) is 24.8 Å². The Bertz CT molecular complexity index is 789. The fraction of sp³-hybridized carbons (Fsp3) is 0.478. The van der Waals surface area contributed by atoms with Gasteiger partial charge in [0.2, 0.25) is 0 Å². The molecule has 1 saturated carbocycles. The summed E-state index contributed by atoms with van der Waals surface area (Å²) in [6.45, 7) is 5.04. The summed E-state index contributed by atoms with van der Waals surface area (Å²) in [7, 11) is 0. The third-order valence-corrected chi connectivity index (χ3v) is 6.36. The number of piperazine rings is 1. The second-order valence-electron chi connectivity index (χ2n) is 8.15. The van der Waals surface area contributed by atoms with Crippen molar-refractivity contribution in [1.82, 2.24) is 9.88 Å². The Balaban J connectivity index is 0.00000160. The first-order valence-electron chi connectivity index (χ1n) is 10.5. The molecule has 1 saturated heterocycles. The van der Waals surface area contributed by atoms with E-state index in [1.54, 1.807) is 18.3 Å². The first kappa shape index (κ1) is 24.4. The van der Waals surface area contributed by atoms with Gasteiger partial charge in [0.25, 0.3) is 5.91 Å². The molecular weight excluding hydrogens is 419 g/mol. The molecule has 164 valence electrons. The average Bonchev–Trinajstić information content (AvgIpc) is 2.75. The molecule has 2 aliphatic rings. The van der Waals surface area contributed by atoms with Crippen molar-refractivity contribution in [3.8, 4) is 0 Å². The highest BCUT2D eigenvalue weighted by Gasteiger charge is 2.26. The molecule has 5 nitrogen and oxygen atoms in total. The summed E-state index contributed by atoms with van der Waals surface area (Å²) in [5, 5.41) is 0. The Hall–Kier alpha value is -1.82. The van der Waals surface area contributed by atoms with Gasteiger partial charge in [0.1, 0.15) is 5.82 Å². The van der Waals surface area contributed by atoms with Crippen LogP contribution in [0.4, 0.5) is 5.82 Å². The lowest BCUT2D eigenvalue weighted by Crippen LogP contribution is -2.48. The van der Waals surface area contributed by atoms with Gasteiger partial charge < -0.3 is 10.6 Å². The van der Waals surface area contributed by atoms with E-state index in [0.29, 0.717) is 5.56 Å². The molecule has 0 bridgehead atoms. The first-order chi connectivity index (χ1) is 13.7. The maximum absolute atomic E-state index is 11.7. The topological polar surface area (TPSA) is 62.5 Å². The van der Waals surface area contributed by atoms with Crippen LogP contribution in [0.25, 0.3) is 0 Å². The smallest absolute Gasteiger partial charge is 0.252 e. The van der Waals surface area contributed by atoms with E-state index < -0.39 is 5.91 Å². The summed E-state index contributed by atoms with van der Waals surface area (Å²) in [5.74, 6) is 1.88. The number of primary amides is 1. The standard InChI is InChI=1S/C23H30N4O.2ClH/c24-22(28)21-7-4-12-25-23(21)27-15-13-26(14-16-27)17-18-8-10-20(11-9-18)19-5-2-1-3-6-19;;/h1-7,12,18,20H,8-11,13-17H2,(H2,24,28);2*1H. The van der Waals surface area contributed by atoms with Gasteiger partial charge in [-0.3, -0.25) is 9.69 Å². The molecule has 1 aliphatic heterocycles. The van der Waals surface area contributed by atoms with E-state index in [9.17, 15) is 4.79 Å². The third kappa shape index (κ3) is 5.87. The number of aromatic nitrogens is 1. The van der Waals surface area contributed by atoms with Crippen LogP contribution in [-0.2, 0) is 0 Å². The van der Waals surface area contributed by atoms with Gasteiger partial charge in [-0.2, -0.15) is 0 Å². The number of rotatable bonds is 5. The number of amides is 1. The molecular formula is C23H32Cl2N4O. The SMILES string of the molecule is Cl.Cl.NC(=O)c1cccnc1N1CCN(CC2CCC(c3ccccc3)CC2)CC1. The molecule has 0 spiro atoms. The number of hydrogen-bond donors (Lipinski definition) is 1. The molecule has 1 aliphatic carbocycles. The number of nitrogens with two attached hydrogens (primary N) is 1. The van der Waals surface area contributed by atoms with Gasteiger partial charge in [-0.15, -0.1) is 24.8 Å². The highest BCUT2D eigenvalue weighted by molar-refractivity contribution is 5.97. The number of hydrogen-bond acceptors (Lipinski definition) is 4. The van der Waals surface area contributed by atoms with E-state index in [4.69, 9.17) is 5.73 Å². The Labute approximate surface area is 191 Å². The average molecular weight is 451 g/mol. The molecule has 2 heterocycles. The van der Waals surface area contributed by atoms with E-state index in [1.807, 2.05) is 0 Å². The molecule has 2 fully saturated rings. The van der Waals surface area contributed by atoms with E-state index >= 15 is 0 Å². The van der Waals surface area contributed by atoms with Gasteiger partial charge >= 0.3 is 0 Å². The van der Waals surface area contributed by atoms with E-state index in [1.165, 1.54) is 37.8 Å². The Morgan fingerprint density at radius 3 is 2.23 bits per heavy atom. The van der Waals surface area contributed by atoms with Crippen LogP contribution in [0.2, 0.25) is 0 Å². The molecule has 1 aromatic carbocycles. The Morgan fingerprint density at radius 1 is 0.933 bits per heavy atom. The van der Waals surface area contributed by atoms with Crippen LogP contribution in [0.15, 0.2) is 48.7 Å². The predicted molar refractivity (Wildman–Crippen MR) is 127 cm³/mol. The highest BCUT2D eigenvalue weighted by atomic mass is 35.5. The van der Waals surface area contributed by atoms with Crippen molar-refractivity contribution in [2.24, 2.45) is 11.7 Å². The van der Waals surface area contributed by atoms with Crippen LogP contribution in [-0.4, -0.2) is 48.5 Å². The molecule has 0 unspecified atom stereocenters. The Morgan fingerprint density at radius 2 is 1.60 bits per heavy atom. The molecule has 4 rings (SSSR count). The van der Waals surface area contributed by atoms with Crippen molar-refractivity contribution in [3.05, 3.63) is 59.8 Å². The molecule has 2 N–H and O–H groups in total. The summed E-state index contributed by atoms with van der Waals surface area (Å²) in [5.41, 5.74) is 7.54. The summed E-state index contributed by atoms with van der Waals surface area (Å²) in [6.07, 6.45) is 7.01. The van der Waals surface area contributed by atoms with Crippen molar-refractivity contribution >= 4 is 36.5 Å². The van der Waals surface area contributed by atoms with E-state index in [0.717, 1.165) is 43.8 Å². The van der Waals surface area contributed by atoms with Gasteiger partial charge in [0.05, 0.1) is 5.56 Å². The zero-order valence-electron chi connectivity index (χ0n) is 17.3. The molecule has 0 radical (unpaired) electrons. The second-order valence-corrected chi connectivity index (χ2v) is 8.15. The molecule has 30 heavy (non-hydrogen) atoms. The zero-order valence-corrected chi connectivity index (χ0v) is 18.9. The van der Waals surface area contributed by atoms with Crippen molar-refractivity contribution in [1.29, 1.82) is 0 Å². The monoisotopic (exact) mass is 450 g/mol. The summed E-state index contributed by atoms with van der Waals surface area (Å²) in [6, 6.07) is 14.5.